The molecule has 0 atom stereocenters. The number of halogens is 1. The zero-order chi connectivity index (χ0) is 10.9. The summed E-state index contributed by atoms with van der Waals surface area (Å²) in [6, 6.07) is 0. The Morgan fingerprint density at radius 1 is 1.08 bits per heavy atom. The topological polar surface area (TPSA) is 48.8 Å². The average Bonchev–Trinajstić information content (AvgIpc) is 1.82. The fraction of sp³-hybridized carbons (Fsp3) is 1.00. The van der Waals surface area contributed by atoms with E-state index in [4.69, 9.17) is 5.53 Å². The van der Waals surface area contributed by atoms with E-state index in [2.05, 4.69) is 9.69 Å². The van der Waals surface area contributed by atoms with Gasteiger partial charge in [-0.1, -0.05) is 46.3 Å². The molecule has 0 spiro atoms. The summed E-state index contributed by atoms with van der Waals surface area (Å²) < 4.78 is 18.0. The summed E-state index contributed by atoms with van der Waals surface area (Å²) in [6.07, 6.45) is 0. The van der Waals surface area contributed by atoms with Crippen molar-refractivity contribution in [2.45, 2.75) is 51.6 Å². The maximum Gasteiger partial charge on any atom is 0.350 e. The van der Waals surface area contributed by atoms with Crippen LogP contribution < -0.4 is 0 Å². The van der Waals surface area contributed by atoms with E-state index in [1.54, 1.807) is 41.5 Å². The zero-order valence-corrected chi connectivity index (χ0v) is 10.2. The van der Waals surface area contributed by atoms with Gasteiger partial charge in [-0.3, -0.25) is 0 Å². The molecule has 0 aromatic carbocycles. The van der Waals surface area contributed by atoms with Crippen molar-refractivity contribution in [2.24, 2.45) is 4.78 Å². The van der Waals surface area contributed by atoms with Crippen molar-refractivity contribution >= 4 is 8.57 Å². The van der Waals surface area contributed by atoms with Gasteiger partial charge < -0.3 is 4.11 Å². The highest BCUT2D eigenvalue weighted by Gasteiger charge is 2.55. The van der Waals surface area contributed by atoms with Gasteiger partial charge in [-0.15, -0.1) is 0 Å². The molecule has 0 fully saturated rings. The Bertz CT molecular complexity index is 219. The van der Waals surface area contributed by atoms with Crippen LogP contribution in [0.3, 0.4) is 0 Å². The van der Waals surface area contributed by atoms with E-state index in [1.807, 2.05) is 0 Å². The van der Waals surface area contributed by atoms with Crippen LogP contribution in [0.5, 0.6) is 0 Å². The van der Waals surface area contributed by atoms with Gasteiger partial charge in [0.15, 0.2) is 0 Å². The summed E-state index contributed by atoms with van der Waals surface area (Å²) in [4.78, 5) is 2.65. The van der Waals surface area contributed by atoms with Gasteiger partial charge in [0.1, 0.15) is 0 Å². The van der Waals surface area contributed by atoms with Crippen LogP contribution in [-0.4, -0.2) is 8.57 Å². The molecule has 0 heterocycles. The van der Waals surface area contributed by atoms with Crippen LogP contribution in [0.4, 0.5) is 4.11 Å². The predicted molar refractivity (Wildman–Crippen MR) is 55.4 cm³/mol. The number of rotatable bonds is 1. The van der Waals surface area contributed by atoms with E-state index in [0.717, 1.165) is 0 Å². The van der Waals surface area contributed by atoms with Crippen LogP contribution in [-0.2, 0) is 0 Å². The molecular weight excluding hydrogens is 185 g/mol. The molecule has 0 saturated carbocycles. The standard InChI is InChI=1S/C8H18FN3Si/c1-7(2,3)13(9,12-11-10)8(4,5)6/h1-6H3. The molecule has 0 N–H and O–H groups in total. The largest absolute Gasteiger partial charge is 0.350 e. The quantitative estimate of drug-likeness (QED) is 0.200. The Morgan fingerprint density at radius 2 is 1.38 bits per heavy atom. The first-order valence-electron chi connectivity index (χ1n) is 4.31. The third-order valence-electron chi connectivity index (χ3n) is 2.17. The molecule has 0 aromatic heterocycles. The van der Waals surface area contributed by atoms with Crippen molar-refractivity contribution in [3.8, 4) is 0 Å². The lowest BCUT2D eigenvalue weighted by atomic mass is 10.2. The molecule has 3 nitrogen and oxygen atoms in total. The molecule has 0 saturated heterocycles. The van der Waals surface area contributed by atoms with Gasteiger partial charge in [-0.05, 0) is 15.6 Å². The molecule has 0 aliphatic rings. The summed E-state index contributed by atoms with van der Waals surface area (Å²) >= 11 is 0. The number of nitrogens with zero attached hydrogens (tertiary/aromatic N) is 3. The smallest absolute Gasteiger partial charge is 0.307 e. The van der Waals surface area contributed by atoms with Crippen LogP contribution in [0.2, 0.25) is 10.1 Å². The molecule has 0 aliphatic heterocycles. The van der Waals surface area contributed by atoms with Crippen LogP contribution >= 0.6 is 0 Å². The van der Waals surface area contributed by atoms with Gasteiger partial charge in [0, 0.05) is 4.91 Å². The first-order valence-corrected chi connectivity index (χ1v) is 6.14. The summed E-state index contributed by atoms with van der Waals surface area (Å²) in [5.74, 6) is 0. The summed E-state index contributed by atoms with van der Waals surface area (Å²) in [6.45, 7) is 10.7. The van der Waals surface area contributed by atoms with Crippen LogP contribution in [0, 0.1) is 0 Å². The van der Waals surface area contributed by atoms with Gasteiger partial charge in [-0.25, -0.2) is 0 Å². The SMILES string of the molecule is CC(C)(C)[Si](F)(N=[N+]=[N-])C(C)(C)C. The first kappa shape index (κ1) is 12.5. The molecule has 0 amide bonds. The minimum absolute atomic E-state index is 0.558. The van der Waals surface area contributed by atoms with E-state index < -0.39 is 18.6 Å². The Labute approximate surface area is 80.2 Å². The highest BCUT2D eigenvalue weighted by Crippen LogP contribution is 2.52. The minimum atomic E-state index is -3.44. The fourth-order valence-corrected chi connectivity index (χ4v) is 4.46. The van der Waals surface area contributed by atoms with E-state index in [9.17, 15) is 4.11 Å². The molecule has 13 heavy (non-hydrogen) atoms. The van der Waals surface area contributed by atoms with Gasteiger partial charge >= 0.3 is 8.57 Å². The lowest BCUT2D eigenvalue weighted by molar-refractivity contribution is 0.515. The van der Waals surface area contributed by atoms with Gasteiger partial charge in [0.05, 0.1) is 0 Å². The van der Waals surface area contributed by atoms with E-state index >= 15 is 0 Å². The fourth-order valence-electron chi connectivity index (χ4n) is 1.49. The minimum Gasteiger partial charge on any atom is -0.307 e. The molecule has 0 aromatic rings. The zero-order valence-electron chi connectivity index (χ0n) is 9.22. The summed E-state index contributed by atoms with van der Waals surface area (Å²) in [7, 11) is -3.44. The third kappa shape index (κ3) is 2.23. The van der Waals surface area contributed by atoms with Gasteiger partial charge in [-0.2, -0.15) is 0 Å². The van der Waals surface area contributed by atoms with E-state index in [-0.39, 0.29) is 0 Å². The second kappa shape index (κ2) is 3.31. The van der Waals surface area contributed by atoms with Crippen LogP contribution in [0.1, 0.15) is 41.5 Å². The van der Waals surface area contributed by atoms with Crippen molar-refractivity contribution in [3.05, 3.63) is 10.4 Å². The Balaban J connectivity index is 5.33. The molecule has 0 radical (unpaired) electrons. The molecule has 5 heteroatoms. The van der Waals surface area contributed by atoms with Crippen molar-refractivity contribution in [1.29, 1.82) is 0 Å². The predicted octanol–water partition coefficient (Wildman–Crippen LogP) is 4.31. The second-order valence-electron chi connectivity index (χ2n) is 5.31. The maximum atomic E-state index is 14.5. The molecule has 0 aliphatic carbocycles. The highest BCUT2D eigenvalue weighted by atomic mass is 28.4. The Kier molecular flexibility index (Phi) is 3.17. The third-order valence-corrected chi connectivity index (χ3v) is 6.51. The summed E-state index contributed by atoms with van der Waals surface area (Å²) in [5.41, 5.74) is 8.38. The molecule has 0 rings (SSSR count). The monoisotopic (exact) mass is 203 g/mol. The lowest BCUT2D eigenvalue weighted by Gasteiger charge is -2.40. The van der Waals surface area contributed by atoms with Crippen molar-refractivity contribution in [1.82, 2.24) is 0 Å². The highest BCUT2D eigenvalue weighted by molar-refractivity contribution is 6.77. The number of hydrogen-bond acceptors (Lipinski definition) is 1. The second-order valence-corrected chi connectivity index (χ2v) is 9.76. The molecule has 0 bridgehead atoms. The van der Waals surface area contributed by atoms with E-state index in [0.29, 0.717) is 0 Å². The Hall–Kier alpha value is -0.543. The number of azide groups is 1. The molecule has 0 unspecified atom stereocenters. The normalized spacial score (nSPS) is 13.8. The van der Waals surface area contributed by atoms with Crippen molar-refractivity contribution in [3.63, 3.8) is 0 Å². The average molecular weight is 203 g/mol. The lowest BCUT2D eigenvalue weighted by Crippen LogP contribution is -2.45. The van der Waals surface area contributed by atoms with E-state index in [1.165, 1.54) is 0 Å². The summed E-state index contributed by atoms with van der Waals surface area (Å²) in [5, 5.41) is -1.12. The molecular formula is C8H18FN3Si. The van der Waals surface area contributed by atoms with Crippen LogP contribution in [0.25, 0.3) is 10.4 Å². The van der Waals surface area contributed by atoms with Gasteiger partial charge in [0.2, 0.25) is 0 Å². The first-order chi connectivity index (χ1) is 5.56. The maximum absolute atomic E-state index is 14.5. The Morgan fingerprint density at radius 3 is 1.46 bits per heavy atom. The van der Waals surface area contributed by atoms with Crippen molar-refractivity contribution in [2.75, 3.05) is 0 Å². The van der Waals surface area contributed by atoms with Crippen molar-refractivity contribution < 1.29 is 4.11 Å². The van der Waals surface area contributed by atoms with Gasteiger partial charge in [0.25, 0.3) is 0 Å². The molecule has 76 valence electrons. The number of hydrogen-bond donors (Lipinski definition) is 0. The van der Waals surface area contributed by atoms with Crippen LogP contribution in [0.15, 0.2) is 4.78 Å².